The summed E-state index contributed by atoms with van der Waals surface area (Å²) in [6.07, 6.45) is -0.624. The molecule has 0 aliphatic carbocycles. The SMILES string of the molecule is COc1ccc(C(O)OCC(C)(C)CC(=O)NCCC(=O)NCCS)cc1. The summed E-state index contributed by atoms with van der Waals surface area (Å²) in [6.45, 7) is 4.76. The third-order valence-electron chi connectivity index (χ3n) is 3.78. The van der Waals surface area contributed by atoms with Gasteiger partial charge in [0.05, 0.1) is 13.7 Å². The summed E-state index contributed by atoms with van der Waals surface area (Å²) in [4.78, 5) is 23.5. The van der Waals surface area contributed by atoms with Gasteiger partial charge in [-0.25, -0.2) is 0 Å². The van der Waals surface area contributed by atoms with Crippen LogP contribution in [0.3, 0.4) is 0 Å². The molecule has 1 atom stereocenters. The van der Waals surface area contributed by atoms with Crippen molar-refractivity contribution in [2.75, 3.05) is 32.6 Å². The summed E-state index contributed by atoms with van der Waals surface area (Å²) in [7, 11) is 1.57. The molecule has 0 saturated heterocycles. The lowest BCUT2D eigenvalue weighted by atomic mass is 9.90. The lowest BCUT2D eigenvalue weighted by molar-refractivity contribution is -0.136. The molecule has 8 heteroatoms. The second kappa shape index (κ2) is 11.8. The predicted molar refractivity (Wildman–Crippen MR) is 107 cm³/mol. The van der Waals surface area contributed by atoms with Gasteiger partial charge in [-0.3, -0.25) is 9.59 Å². The highest BCUT2D eigenvalue weighted by molar-refractivity contribution is 7.80. The first-order chi connectivity index (χ1) is 12.8. The largest absolute Gasteiger partial charge is 0.497 e. The number of ether oxygens (including phenoxy) is 2. The van der Waals surface area contributed by atoms with E-state index in [-0.39, 0.29) is 37.8 Å². The Morgan fingerprint density at radius 2 is 1.78 bits per heavy atom. The van der Waals surface area contributed by atoms with Crippen LogP contribution in [0.1, 0.15) is 38.5 Å². The molecule has 0 bridgehead atoms. The van der Waals surface area contributed by atoms with Crippen molar-refractivity contribution in [2.45, 2.75) is 33.0 Å². The van der Waals surface area contributed by atoms with E-state index in [9.17, 15) is 14.7 Å². The van der Waals surface area contributed by atoms with Crippen LogP contribution in [-0.4, -0.2) is 49.5 Å². The van der Waals surface area contributed by atoms with E-state index in [0.717, 1.165) is 0 Å². The lowest BCUT2D eigenvalue weighted by Crippen LogP contribution is -2.34. The summed E-state index contributed by atoms with van der Waals surface area (Å²) < 4.78 is 10.6. The van der Waals surface area contributed by atoms with Crippen LogP contribution >= 0.6 is 12.6 Å². The van der Waals surface area contributed by atoms with Crippen LogP contribution in [0.5, 0.6) is 5.75 Å². The molecule has 0 spiro atoms. The Morgan fingerprint density at radius 1 is 1.15 bits per heavy atom. The maximum absolute atomic E-state index is 12.1. The summed E-state index contributed by atoms with van der Waals surface area (Å²) in [5.74, 6) is 0.996. The van der Waals surface area contributed by atoms with Crippen LogP contribution in [0, 0.1) is 5.41 Å². The van der Waals surface area contributed by atoms with Crippen molar-refractivity contribution in [3.63, 3.8) is 0 Å². The number of amides is 2. The molecule has 0 fully saturated rings. The van der Waals surface area contributed by atoms with Gasteiger partial charge in [-0.1, -0.05) is 26.0 Å². The molecule has 0 aliphatic rings. The topological polar surface area (TPSA) is 96.9 Å². The van der Waals surface area contributed by atoms with E-state index in [2.05, 4.69) is 23.3 Å². The first kappa shape index (κ1) is 23.3. The summed E-state index contributed by atoms with van der Waals surface area (Å²) in [5.41, 5.74) is 0.148. The third-order valence-corrected chi connectivity index (χ3v) is 4.00. The minimum atomic E-state index is -1.08. The number of methoxy groups -OCH3 is 1. The number of aliphatic hydroxyl groups excluding tert-OH is 1. The van der Waals surface area contributed by atoms with Gasteiger partial charge in [0.2, 0.25) is 11.8 Å². The molecule has 1 rings (SSSR count). The molecule has 1 unspecified atom stereocenters. The number of carbonyl (C=O) groups excluding carboxylic acids is 2. The van der Waals surface area contributed by atoms with Crippen molar-refractivity contribution in [2.24, 2.45) is 5.41 Å². The van der Waals surface area contributed by atoms with E-state index in [1.165, 1.54) is 0 Å². The highest BCUT2D eigenvalue weighted by atomic mass is 32.1. The molecule has 3 N–H and O–H groups in total. The minimum absolute atomic E-state index is 0.116. The molecule has 0 saturated carbocycles. The number of nitrogens with one attached hydrogen (secondary N) is 2. The molecule has 0 aromatic heterocycles. The van der Waals surface area contributed by atoms with Crippen LogP contribution in [0.4, 0.5) is 0 Å². The maximum atomic E-state index is 12.1. The van der Waals surface area contributed by atoms with Crippen LogP contribution < -0.4 is 15.4 Å². The van der Waals surface area contributed by atoms with Crippen LogP contribution in [0.25, 0.3) is 0 Å². The summed E-state index contributed by atoms with van der Waals surface area (Å²) in [5, 5.41) is 15.6. The van der Waals surface area contributed by atoms with Crippen molar-refractivity contribution in [3.8, 4) is 5.75 Å². The number of aliphatic hydroxyl groups is 1. The molecular formula is C19H30N2O5S. The Morgan fingerprint density at radius 3 is 2.37 bits per heavy atom. The second-order valence-electron chi connectivity index (χ2n) is 6.95. The van der Waals surface area contributed by atoms with E-state index >= 15 is 0 Å². The van der Waals surface area contributed by atoms with Gasteiger partial charge in [-0.2, -0.15) is 12.6 Å². The molecule has 1 aromatic carbocycles. The van der Waals surface area contributed by atoms with Gasteiger partial charge in [0.1, 0.15) is 5.75 Å². The average Bonchev–Trinajstić information content (AvgIpc) is 2.64. The number of thiol groups is 1. The maximum Gasteiger partial charge on any atom is 0.221 e. The highest BCUT2D eigenvalue weighted by Gasteiger charge is 2.24. The lowest BCUT2D eigenvalue weighted by Gasteiger charge is -2.25. The van der Waals surface area contributed by atoms with Gasteiger partial charge in [0.25, 0.3) is 0 Å². The molecule has 152 valence electrons. The van der Waals surface area contributed by atoms with Crippen molar-refractivity contribution >= 4 is 24.4 Å². The van der Waals surface area contributed by atoms with Gasteiger partial charge < -0.3 is 25.2 Å². The fourth-order valence-corrected chi connectivity index (χ4v) is 2.43. The van der Waals surface area contributed by atoms with E-state index < -0.39 is 11.7 Å². The number of benzene rings is 1. The molecular weight excluding hydrogens is 368 g/mol. The zero-order valence-electron chi connectivity index (χ0n) is 16.2. The number of hydrogen-bond acceptors (Lipinski definition) is 6. The molecule has 0 radical (unpaired) electrons. The van der Waals surface area contributed by atoms with Crippen LogP contribution in [0.15, 0.2) is 24.3 Å². The van der Waals surface area contributed by atoms with E-state index in [4.69, 9.17) is 9.47 Å². The van der Waals surface area contributed by atoms with Gasteiger partial charge in [0.15, 0.2) is 6.29 Å². The van der Waals surface area contributed by atoms with Crippen molar-refractivity contribution in [3.05, 3.63) is 29.8 Å². The zero-order chi connectivity index (χ0) is 20.3. The Bertz CT molecular complexity index is 592. The van der Waals surface area contributed by atoms with E-state index in [0.29, 0.717) is 23.6 Å². The highest BCUT2D eigenvalue weighted by Crippen LogP contribution is 2.25. The first-order valence-corrected chi connectivity index (χ1v) is 9.48. The summed E-state index contributed by atoms with van der Waals surface area (Å²) >= 11 is 4.01. The Balaban J connectivity index is 2.34. The number of hydrogen-bond donors (Lipinski definition) is 4. The van der Waals surface area contributed by atoms with E-state index in [1.54, 1.807) is 31.4 Å². The Kier molecular flexibility index (Phi) is 10.2. The first-order valence-electron chi connectivity index (χ1n) is 8.85. The van der Waals surface area contributed by atoms with Crippen LogP contribution in [-0.2, 0) is 14.3 Å². The van der Waals surface area contributed by atoms with Crippen molar-refractivity contribution < 1.29 is 24.2 Å². The molecule has 0 heterocycles. The molecule has 1 aromatic rings. The second-order valence-corrected chi connectivity index (χ2v) is 7.40. The van der Waals surface area contributed by atoms with Gasteiger partial charge in [-0.05, 0) is 17.5 Å². The molecule has 2 amide bonds. The molecule has 0 aliphatic heterocycles. The molecule has 7 nitrogen and oxygen atoms in total. The van der Waals surface area contributed by atoms with Gasteiger partial charge >= 0.3 is 0 Å². The fourth-order valence-electron chi connectivity index (χ4n) is 2.32. The monoisotopic (exact) mass is 398 g/mol. The fraction of sp³-hybridized carbons (Fsp3) is 0.579. The van der Waals surface area contributed by atoms with Gasteiger partial charge in [-0.15, -0.1) is 0 Å². The predicted octanol–water partition coefficient (Wildman–Crippen LogP) is 1.67. The summed E-state index contributed by atoms with van der Waals surface area (Å²) in [6, 6.07) is 6.93. The van der Waals surface area contributed by atoms with Crippen LogP contribution in [0.2, 0.25) is 0 Å². The Hall–Kier alpha value is -1.77. The van der Waals surface area contributed by atoms with Gasteiger partial charge in [0, 0.05) is 37.2 Å². The van der Waals surface area contributed by atoms with Crippen molar-refractivity contribution in [1.82, 2.24) is 10.6 Å². The normalized spacial score (nSPS) is 12.3. The number of carbonyl (C=O) groups is 2. The molecule has 27 heavy (non-hydrogen) atoms. The quantitative estimate of drug-likeness (QED) is 0.317. The van der Waals surface area contributed by atoms with E-state index in [1.807, 2.05) is 13.8 Å². The van der Waals surface area contributed by atoms with Crippen molar-refractivity contribution in [1.29, 1.82) is 0 Å². The Labute approximate surface area is 166 Å². The smallest absolute Gasteiger partial charge is 0.221 e. The average molecular weight is 399 g/mol. The number of rotatable bonds is 12. The third kappa shape index (κ3) is 9.65. The standard InChI is InChI=1S/C19H30N2O5S/c1-19(2,12-17(23)20-9-8-16(22)21-10-11-27)13-26-18(24)14-4-6-15(25-3)7-5-14/h4-7,18,24,27H,8-13H2,1-3H3,(H,20,23)(H,21,22). The minimum Gasteiger partial charge on any atom is -0.497 e. The zero-order valence-corrected chi connectivity index (χ0v) is 17.1.